The largest absolute Gasteiger partial charge is 0.494 e. The van der Waals surface area contributed by atoms with E-state index < -0.39 is 0 Å². The number of methoxy groups -OCH3 is 2. The van der Waals surface area contributed by atoms with Gasteiger partial charge in [-0.15, -0.1) is 0 Å². The van der Waals surface area contributed by atoms with Crippen LogP contribution in [0.1, 0.15) is 7.43 Å². The molecule has 0 radical (unpaired) electrons. The van der Waals surface area contributed by atoms with E-state index in [1.807, 2.05) is 39.5 Å². The van der Waals surface area contributed by atoms with Gasteiger partial charge in [0.05, 0.1) is 42.0 Å². The van der Waals surface area contributed by atoms with Gasteiger partial charge >= 0.3 is 0 Å². The van der Waals surface area contributed by atoms with Crippen molar-refractivity contribution in [2.45, 2.75) is 7.43 Å². The van der Waals surface area contributed by atoms with Crippen LogP contribution in [0.4, 0.5) is 0 Å². The van der Waals surface area contributed by atoms with Gasteiger partial charge in [0.15, 0.2) is 0 Å². The van der Waals surface area contributed by atoms with Gasteiger partial charge in [-0.1, -0.05) is 7.43 Å². The molecule has 0 aliphatic heterocycles. The third-order valence-corrected chi connectivity index (χ3v) is 9.26. The van der Waals surface area contributed by atoms with Crippen molar-refractivity contribution in [1.82, 2.24) is 73.5 Å². The number of hydrogen-bond donors (Lipinski definition) is 4. The summed E-state index contributed by atoms with van der Waals surface area (Å²) < 4.78 is 15.9. The maximum absolute atomic E-state index is 7.00. The van der Waals surface area contributed by atoms with Gasteiger partial charge in [-0.3, -0.25) is 0 Å². The first-order chi connectivity index (χ1) is 26.9. The molecule has 10 heterocycles. The summed E-state index contributed by atoms with van der Waals surface area (Å²) in [7, 11) is 9.35. The predicted octanol–water partition coefficient (Wildman–Crippen LogP) is 6.80. The van der Waals surface area contributed by atoms with E-state index in [2.05, 4.69) is 115 Å². The van der Waals surface area contributed by atoms with E-state index in [1.165, 1.54) is 31.6 Å². The van der Waals surface area contributed by atoms with Crippen molar-refractivity contribution in [3.63, 3.8) is 0 Å². The van der Waals surface area contributed by atoms with Gasteiger partial charge in [-0.05, 0) is 56.7 Å². The van der Waals surface area contributed by atoms with Crippen molar-refractivity contribution < 1.29 is 128 Å². The van der Waals surface area contributed by atoms with Gasteiger partial charge in [-0.2, -0.15) is 0 Å². The first kappa shape index (κ1) is 55.3. The quantitative estimate of drug-likeness (QED) is 0.131. The summed E-state index contributed by atoms with van der Waals surface area (Å²) in [6.07, 6.45) is 25.6. The van der Waals surface area contributed by atoms with Crippen molar-refractivity contribution in [3.8, 4) is 11.5 Å². The summed E-state index contributed by atoms with van der Waals surface area (Å²) in [5.41, 5.74) is 4.33. The summed E-state index contributed by atoms with van der Waals surface area (Å²) in [5.74, 6) is 1.57. The number of rotatable bonds is 2. The van der Waals surface area contributed by atoms with Gasteiger partial charge in [0.1, 0.15) is 71.4 Å². The summed E-state index contributed by atoms with van der Waals surface area (Å²) in [6, 6.07) is 1.94. The zero-order chi connectivity index (χ0) is 39.2. The molecule has 314 valence electrons. The summed E-state index contributed by atoms with van der Waals surface area (Å²) in [4.78, 5) is 48.6. The second-order valence-electron chi connectivity index (χ2n) is 10.4. The second kappa shape index (κ2) is 28.8. The molecule has 0 amide bonds. The second-order valence-corrected chi connectivity index (χ2v) is 13.2. The molecule has 0 aliphatic carbocycles. The molecule has 0 aliphatic rings. The molecule has 10 aromatic rings. The minimum atomic E-state index is 0. The average Bonchev–Trinajstić information content (AvgIpc) is 4.08. The van der Waals surface area contributed by atoms with Crippen LogP contribution in [-0.4, -0.2) is 99.9 Å². The van der Waals surface area contributed by atoms with E-state index in [4.69, 9.17) is 14.6 Å². The van der Waals surface area contributed by atoms with Crippen LogP contribution in [0.3, 0.4) is 0 Å². The number of ether oxygens (including phenoxy) is 2. The monoisotopic (exact) mass is 1040 g/mol. The maximum atomic E-state index is 7.00. The Kier molecular flexibility index (Phi) is 27.0. The Labute approximate surface area is 449 Å². The molecule has 2 unspecified atom stereocenters. The standard InChI is InChI=1S/C7H8N3OP.C7H7N3O.C6H5BrN3P.C6H4BrN3.C6H5N3.CH4O.CH4.3Ar/c1-11-6-3-10(12)7-5(6)2-8-4-9-7;1-11-6-3-9-7-5(6)2-8-4-10-7;7-5-2-10(11)6-4(5)1-8-3-9-6;7-5-2-9-6-4(5)1-8-3-10-6;1-2-8-6-5(1)3-7-4-9-6;1-2;;;;/h2-4H,12H2,1H3;2-4H,1H3,(H,8,9,10);1-3H,11H2;1-3H,(H,8,9,10);1-4H,(H,7,8,9);2H,1H3;1H4;;;. The van der Waals surface area contributed by atoms with Gasteiger partial charge < -0.3 is 38.2 Å². The minimum Gasteiger partial charge on any atom is -0.494 e. The molecule has 10 rings (SSSR count). The number of fused-ring (bicyclic) bond motifs is 5. The van der Waals surface area contributed by atoms with E-state index in [0.717, 1.165) is 82.7 Å². The zero-order valence-electron chi connectivity index (χ0n) is 30.3. The van der Waals surface area contributed by atoms with E-state index >= 15 is 0 Å². The Balaban J connectivity index is 0.000000359. The molecule has 0 spiro atoms. The van der Waals surface area contributed by atoms with Gasteiger partial charge in [0.2, 0.25) is 0 Å². The van der Waals surface area contributed by atoms with Crippen molar-refractivity contribution in [3.05, 3.63) is 109 Å². The normalized spacial score (nSPS) is 9.49. The third-order valence-electron chi connectivity index (χ3n) is 7.19. The Bertz CT molecular complexity index is 2670. The van der Waals surface area contributed by atoms with Gasteiger partial charge in [-0.25, -0.2) is 49.8 Å². The number of nitrogens with one attached hydrogen (secondary N) is 3. The molecule has 0 saturated carbocycles. The van der Waals surface area contributed by atoms with E-state index in [1.54, 1.807) is 51.4 Å². The maximum Gasteiger partial charge on any atom is 0.150 e. The fraction of sp³-hybridized carbons (Fsp3) is 0.118. The number of H-pyrrole nitrogens is 3. The third kappa shape index (κ3) is 14.9. The first-order valence-corrected chi connectivity index (χ1v) is 18.2. The van der Waals surface area contributed by atoms with Crippen LogP contribution in [0, 0.1) is 113 Å². The van der Waals surface area contributed by atoms with Crippen LogP contribution in [0.15, 0.2) is 109 Å². The summed E-state index contributed by atoms with van der Waals surface area (Å²) in [5, 5.41) is 11.9. The molecule has 18 nitrogen and oxygen atoms in total. The number of halogens is 2. The van der Waals surface area contributed by atoms with Crippen molar-refractivity contribution in [2.24, 2.45) is 0 Å². The van der Waals surface area contributed by atoms with Crippen LogP contribution in [0.2, 0.25) is 0 Å². The molecule has 0 fully saturated rings. The number of aliphatic hydroxyl groups excluding tert-OH is 1. The number of nitrogens with zero attached hydrogens (tertiary/aromatic N) is 12. The number of aliphatic hydroxyl groups is 1. The molecule has 4 N–H and O–H groups in total. The predicted molar refractivity (Wildman–Crippen MR) is 230 cm³/mol. The Morgan fingerprint density at radius 2 is 1.03 bits per heavy atom. The number of aromatic amines is 3. The van der Waals surface area contributed by atoms with Crippen LogP contribution in [-0.2, 0) is 0 Å². The molecular weight excluding hydrogens is 1010 g/mol. The average molecular weight is 1050 g/mol. The van der Waals surface area contributed by atoms with Crippen molar-refractivity contribution in [1.29, 1.82) is 0 Å². The molecular formula is C34H37Ar3Br2N15O3P2. The Hall–Kier alpha value is -1.74. The van der Waals surface area contributed by atoms with E-state index in [-0.39, 0.29) is 121 Å². The minimum absolute atomic E-state index is 0. The molecule has 0 saturated heterocycles. The fourth-order valence-corrected chi connectivity index (χ4v) is 6.52. The van der Waals surface area contributed by atoms with Crippen LogP contribution in [0.5, 0.6) is 11.5 Å². The smallest absolute Gasteiger partial charge is 0.150 e. The number of hydrogen-bond acceptors (Lipinski definition) is 13. The molecule has 0 aromatic carbocycles. The van der Waals surface area contributed by atoms with E-state index in [0.29, 0.717) is 0 Å². The van der Waals surface area contributed by atoms with Crippen molar-refractivity contribution in [2.75, 3.05) is 21.3 Å². The van der Waals surface area contributed by atoms with Crippen LogP contribution >= 0.6 is 50.6 Å². The van der Waals surface area contributed by atoms with E-state index in [9.17, 15) is 0 Å². The summed E-state index contributed by atoms with van der Waals surface area (Å²) in [6.45, 7) is 0. The zero-order valence-corrected chi connectivity index (χ0v) is 37.9. The van der Waals surface area contributed by atoms with Gasteiger partial charge in [0, 0.05) is 190 Å². The van der Waals surface area contributed by atoms with Crippen molar-refractivity contribution >= 4 is 106 Å². The van der Waals surface area contributed by atoms with Gasteiger partial charge in [0.25, 0.3) is 0 Å². The van der Waals surface area contributed by atoms with Crippen LogP contribution < -0.4 is 9.47 Å². The molecule has 59 heavy (non-hydrogen) atoms. The molecule has 0 bridgehead atoms. The Morgan fingerprint density at radius 3 is 1.61 bits per heavy atom. The Morgan fingerprint density at radius 1 is 0.559 bits per heavy atom. The number of aromatic nitrogens is 15. The SMILES string of the molecule is Brc1c[nH]c2ncncc12.C.CO.COc1c[nH]c2ncncc12.COc1cn(P)c2ncncc12.Pn1cc(Br)c2cncnc21.[Ar].[Ar].[Ar].c1ncc2cc[nH]c2n1. The first-order valence-electron chi connectivity index (χ1n) is 15.6. The topological polar surface area (TPSA) is 225 Å². The molecule has 25 heteroatoms. The van der Waals surface area contributed by atoms with Crippen LogP contribution in [0.25, 0.3) is 55.2 Å². The fourth-order valence-electron chi connectivity index (χ4n) is 4.70. The molecule has 10 aromatic heterocycles. The molecule has 2 atom stereocenters. The summed E-state index contributed by atoms with van der Waals surface area (Å²) >= 11 is 6.76.